The molecule has 0 amide bonds. The molecule has 188 valence electrons. The lowest BCUT2D eigenvalue weighted by Gasteiger charge is -2.21. The lowest BCUT2D eigenvalue weighted by Crippen LogP contribution is -2.37. The van der Waals surface area contributed by atoms with E-state index in [1.54, 1.807) is 0 Å². The summed E-state index contributed by atoms with van der Waals surface area (Å²) < 4.78 is 10.8. The molecule has 2 N–H and O–H groups in total. The highest BCUT2D eigenvalue weighted by atomic mass is 16.7. The van der Waals surface area contributed by atoms with Crippen LogP contribution in [-0.2, 0) is 16.0 Å². The van der Waals surface area contributed by atoms with Crippen molar-refractivity contribution < 1.29 is 29.3 Å². The molecule has 0 saturated carbocycles. The Morgan fingerprint density at radius 1 is 0.853 bits per heavy atom. The van der Waals surface area contributed by atoms with Crippen molar-refractivity contribution in [3.63, 3.8) is 0 Å². The molecule has 1 heterocycles. The van der Waals surface area contributed by atoms with Gasteiger partial charge in [-0.25, -0.2) is 0 Å². The van der Waals surface area contributed by atoms with E-state index in [0.717, 1.165) is 37.2 Å². The molecule has 34 heavy (non-hydrogen) atoms. The number of fused-ring (bicyclic) bond motifs is 1. The van der Waals surface area contributed by atoms with Crippen molar-refractivity contribution in [2.75, 3.05) is 6.79 Å². The number of benzene rings is 1. The number of hydrogen-bond acceptors (Lipinski definition) is 6. The van der Waals surface area contributed by atoms with Crippen LogP contribution >= 0.6 is 0 Å². The van der Waals surface area contributed by atoms with Crippen LogP contribution in [0.5, 0.6) is 11.5 Å². The first-order valence-corrected chi connectivity index (χ1v) is 13.1. The number of hydrogen-bond donors (Lipinski definition) is 2. The summed E-state index contributed by atoms with van der Waals surface area (Å²) in [5.74, 6) is -0.438. The van der Waals surface area contributed by atoms with E-state index in [0.29, 0.717) is 6.79 Å². The molecule has 0 aromatic heterocycles. The molecule has 1 aromatic rings. The highest BCUT2D eigenvalue weighted by molar-refractivity contribution is 6.07. The fraction of sp³-hybridized carbons (Fsp3) is 0.643. The van der Waals surface area contributed by atoms with Crippen molar-refractivity contribution in [2.24, 2.45) is 5.92 Å². The molecule has 2 aliphatic rings. The molecule has 1 aliphatic carbocycles. The number of ether oxygens (including phenoxy) is 2. The van der Waals surface area contributed by atoms with Gasteiger partial charge < -0.3 is 19.7 Å². The molecule has 0 bridgehead atoms. The Morgan fingerprint density at radius 3 is 2.12 bits per heavy atom. The first-order chi connectivity index (χ1) is 16.6. The number of Topliss-reactive ketones (excluding diaryl/α,β-unsaturated/α-hetero) is 2. The minimum atomic E-state index is -1.16. The van der Waals surface area contributed by atoms with E-state index in [1.165, 1.54) is 69.4 Å². The fourth-order valence-corrected chi connectivity index (χ4v) is 4.77. The van der Waals surface area contributed by atoms with Crippen LogP contribution in [0.25, 0.3) is 0 Å². The van der Waals surface area contributed by atoms with E-state index in [9.17, 15) is 19.8 Å². The number of aryl methyl sites for hydroxylation is 1. The molecule has 0 spiro atoms. The van der Waals surface area contributed by atoms with Crippen molar-refractivity contribution in [3.8, 4) is 11.5 Å². The van der Waals surface area contributed by atoms with Crippen molar-refractivity contribution in [2.45, 2.75) is 102 Å². The van der Waals surface area contributed by atoms with Crippen molar-refractivity contribution in [1.82, 2.24) is 0 Å². The topological polar surface area (TPSA) is 93.1 Å². The second-order valence-corrected chi connectivity index (χ2v) is 9.61. The third-order valence-corrected chi connectivity index (χ3v) is 6.86. The van der Waals surface area contributed by atoms with Gasteiger partial charge in [-0.2, -0.15) is 0 Å². The molecular formula is C28H40O6. The molecule has 2 unspecified atom stereocenters. The number of aliphatic hydroxyl groups is 2. The minimum absolute atomic E-state index is 0.0940. The zero-order valence-corrected chi connectivity index (χ0v) is 20.3. The maximum absolute atomic E-state index is 12.2. The summed E-state index contributed by atoms with van der Waals surface area (Å²) in [5, 5.41) is 19.4. The SMILES string of the molecule is O=C(CCCCCCCCCCCCCCc1ccc2c(c1)OCO2)C1C(=O)C(O)CC=C1O. The lowest BCUT2D eigenvalue weighted by atomic mass is 9.85. The van der Waals surface area contributed by atoms with Crippen LogP contribution in [0.1, 0.15) is 95.5 Å². The number of aliphatic hydroxyl groups excluding tert-OH is 2. The second kappa shape index (κ2) is 14.1. The number of ketones is 2. The highest BCUT2D eigenvalue weighted by Gasteiger charge is 2.36. The third kappa shape index (κ3) is 8.15. The molecule has 6 heteroatoms. The zero-order valence-electron chi connectivity index (χ0n) is 20.3. The smallest absolute Gasteiger partial charge is 0.231 e. The summed E-state index contributed by atoms with van der Waals surface area (Å²) in [7, 11) is 0. The molecule has 2 atom stereocenters. The Labute approximate surface area is 203 Å². The highest BCUT2D eigenvalue weighted by Crippen LogP contribution is 2.33. The largest absolute Gasteiger partial charge is 0.511 e. The van der Waals surface area contributed by atoms with E-state index in [2.05, 4.69) is 12.1 Å². The van der Waals surface area contributed by atoms with Crippen molar-refractivity contribution in [1.29, 1.82) is 0 Å². The van der Waals surface area contributed by atoms with Gasteiger partial charge in [-0.05, 0) is 43.0 Å². The molecular weight excluding hydrogens is 432 g/mol. The molecule has 1 aromatic carbocycles. The van der Waals surface area contributed by atoms with Gasteiger partial charge in [0, 0.05) is 12.8 Å². The first kappa shape index (κ1) is 26.3. The van der Waals surface area contributed by atoms with E-state index in [1.807, 2.05) is 6.07 Å². The number of allylic oxidation sites excluding steroid dienone is 1. The molecule has 0 radical (unpaired) electrons. The van der Waals surface area contributed by atoms with Gasteiger partial charge in [0.1, 0.15) is 17.8 Å². The summed E-state index contributed by atoms with van der Waals surface area (Å²) in [5.41, 5.74) is 1.32. The second-order valence-electron chi connectivity index (χ2n) is 9.61. The summed E-state index contributed by atoms with van der Waals surface area (Å²) in [4.78, 5) is 24.2. The maximum atomic E-state index is 12.2. The van der Waals surface area contributed by atoms with Gasteiger partial charge in [0.05, 0.1) is 0 Å². The predicted octanol–water partition coefficient (Wildman–Crippen LogP) is 5.99. The number of unbranched alkanes of at least 4 members (excludes halogenated alkanes) is 11. The minimum Gasteiger partial charge on any atom is -0.511 e. The monoisotopic (exact) mass is 472 g/mol. The third-order valence-electron chi connectivity index (χ3n) is 6.86. The average Bonchev–Trinajstić information content (AvgIpc) is 3.30. The molecule has 0 fully saturated rings. The van der Waals surface area contributed by atoms with Crippen LogP contribution in [0, 0.1) is 5.92 Å². The van der Waals surface area contributed by atoms with Crippen LogP contribution in [-0.4, -0.2) is 34.7 Å². The van der Waals surface area contributed by atoms with Gasteiger partial charge in [0.2, 0.25) is 6.79 Å². The zero-order chi connectivity index (χ0) is 24.2. The standard InChI is InChI=1S/C28H40O6/c29-22(27-23(30)16-17-24(31)28(27)32)14-12-10-8-6-4-2-1-3-5-7-9-11-13-21-15-18-25-26(19-21)34-20-33-25/h15-16,18-19,24,27,30-31H,1-14,17,20H2. The van der Waals surface area contributed by atoms with Crippen LogP contribution in [0.2, 0.25) is 0 Å². The summed E-state index contributed by atoms with van der Waals surface area (Å²) in [6.45, 7) is 0.333. The van der Waals surface area contributed by atoms with Crippen molar-refractivity contribution in [3.05, 3.63) is 35.6 Å². The number of carbonyl (C=O) groups is 2. The molecule has 1 aliphatic heterocycles. The molecule has 0 saturated heterocycles. The van der Waals surface area contributed by atoms with Gasteiger partial charge in [0.25, 0.3) is 0 Å². The van der Waals surface area contributed by atoms with Crippen molar-refractivity contribution >= 4 is 11.6 Å². The van der Waals surface area contributed by atoms with E-state index in [4.69, 9.17) is 9.47 Å². The Bertz CT molecular complexity index is 830. The molecule has 3 rings (SSSR count). The van der Waals surface area contributed by atoms with Crippen LogP contribution in [0.3, 0.4) is 0 Å². The van der Waals surface area contributed by atoms with Gasteiger partial charge in [0.15, 0.2) is 23.1 Å². The average molecular weight is 473 g/mol. The van der Waals surface area contributed by atoms with E-state index in [-0.39, 0.29) is 24.4 Å². The van der Waals surface area contributed by atoms with E-state index < -0.39 is 17.8 Å². The Balaban J connectivity index is 1.10. The summed E-state index contributed by atoms with van der Waals surface area (Å²) in [6.07, 6.45) is 15.8. The summed E-state index contributed by atoms with van der Waals surface area (Å²) >= 11 is 0. The lowest BCUT2D eigenvalue weighted by molar-refractivity contribution is -0.138. The van der Waals surface area contributed by atoms with Crippen LogP contribution in [0.15, 0.2) is 30.0 Å². The summed E-state index contributed by atoms with van der Waals surface area (Å²) in [6, 6.07) is 6.24. The Kier molecular flexibility index (Phi) is 10.9. The number of rotatable bonds is 16. The van der Waals surface area contributed by atoms with Crippen LogP contribution < -0.4 is 9.47 Å². The Morgan fingerprint density at radius 2 is 1.44 bits per heavy atom. The normalized spacial score (nSPS) is 19.3. The van der Waals surface area contributed by atoms with E-state index >= 15 is 0 Å². The van der Waals surface area contributed by atoms with Gasteiger partial charge in [-0.3, -0.25) is 9.59 Å². The van der Waals surface area contributed by atoms with Gasteiger partial charge >= 0.3 is 0 Å². The molecule has 6 nitrogen and oxygen atoms in total. The van der Waals surface area contributed by atoms with Gasteiger partial charge in [-0.15, -0.1) is 0 Å². The Hall–Kier alpha value is -2.34. The van der Waals surface area contributed by atoms with Gasteiger partial charge in [-0.1, -0.05) is 70.3 Å². The van der Waals surface area contributed by atoms with Crippen LogP contribution in [0.4, 0.5) is 0 Å². The fourth-order valence-electron chi connectivity index (χ4n) is 4.77. The maximum Gasteiger partial charge on any atom is 0.231 e. The number of carbonyl (C=O) groups excluding carboxylic acids is 2. The first-order valence-electron chi connectivity index (χ1n) is 13.1. The predicted molar refractivity (Wildman–Crippen MR) is 131 cm³/mol. The quantitative estimate of drug-likeness (QED) is 0.227.